The largest absolute Gasteiger partial charge is 0.348 e. The maximum atomic E-state index is 4.80. The Morgan fingerprint density at radius 2 is 2.04 bits per heavy atom. The number of aromatic nitrogens is 6. The molecule has 122 valence electrons. The topological polar surface area (TPSA) is 83.5 Å². The molecule has 0 radical (unpaired) electrons. The first-order valence-corrected chi connectivity index (χ1v) is 8.10. The third-order valence-electron chi connectivity index (χ3n) is 4.28. The van der Waals surface area contributed by atoms with Crippen molar-refractivity contribution in [3.05, 3.63) is 48.1 Å². The quantitative estimate of drug-likeness (QED) is 0.798. The molecule has 0 amide bonds. The summed E-state index contributed by atoms with van der Waals surface area (Å²) in [6, 6.07) is 2.20. The van der Waals surface area contributed by atoms with Crippen molar-refractivity contribution in [2.24, 2.45) is 0 Å². The Morgan fingerprint density at radius 3 is 2.83 bits per heavy atom. The molecule has 1 N–H and O–H groups in total. The number of H-pyrrole nitrogens is 1. The second-order valence-corrected chi connectivity index (χ2v) is 6.11. The Hall–Kier alpha value is -2.83. The predicted molar refractivity (Wildman–Crippen MR) is 90.4 cm³/mol. The molecule has 1 aliphatic rings. The van der Waals surface area contributed by atoms with E-state index in [1.807, 2.05) is 26.1 Å². The highest BCUT2D eigenvalue weighted by Crippen LogP contribution is 2.34. The SMILES string of the molecule is Cc1cc(N2CCC[C@@H]2c2cncc(-c3ncc(C)[nH]3)n2)ncn1. The Labute approximate surface area is 140 Å². The van der Waals surface area contributed by atoms with Crippen molar-refractivity contribution in [2.45, 2.75) is 32.7 Å². The highest BCUT2D eigenvalue weighted by atomic mass is 15.2. The van der Waals surface area contributed by atoms with E-state index in [9.17, 15) is 0 Å². The lowest BCUT2D eigenvalue weighted by molar-refractivity contribution is 0.682. The van der Waals surface area contributed by atoms with E-state index in [0.717, 1.165) is 53.8 Å². The van der Waals surface area contributed by atoms with Crippen molar-refractivity contribution in [3.63, 3.8) is 0 Å². The van der Waals surface area contributed by atoms with Crippen molar-refractivity contribution in [1.82, 2.24) is 29.9 Å². The van der Waals surface area contributed by atoms with E-state index in [1.54, 1.807) is 18.7 Å². The van der Waals surface area contributed by atoms with E-state index in [-0.39, 0.29) is 6.04 Å². The highest BCUT2D eigenvalue weighted by Gasteiger charge is 2.29. The van der Waals surface area contributed by atoms with Gasteiger partial charge in [-0.3, -0.25) is 4.98 Å². The summed E-state index contributed by atoms with van der Waals surface area (Å²) in [7, 11) is 0. The number of anilines is 1. The minimum atomic E-state index is 0.183. The molecule has 24 heavy (non-hydrogen) atoms. The molecule has 0 spiro atoms. The molecular weight excluding hydrogens is 302 g/mol. The van der Waals surface area contributed by atoms with Crippen molar-refractivity contribution >= 4 is 5.82 Å². The van der Waals surface area contributed by atoms with E-state index < -0.39 is 0 Å². The van der Waals surface area contributed by atoms with Gasteiger partial charge in [-0.05, 0) is 26.7 Å². The summed E-state index contributed by atoms with van der Waals surface area (Å²) in [6.45, 7) is 4.92. The zero-order valence-electron chi connectivity index (χ0n) is 13.8. The average molecular weight is 321 g/mol. The smallest absolute Gasteiger partial charge is 0.157 e. The van der Waals surface area contributed by atoms with Gasteiger partial charge in [-0.2, -0.15) is 0 Å². The van der Waals surface area contributed by atoms with Crippen LogP contribution in [0.3, 0.4) is 0 Å². The van der Waals surface area contributed by atoms with E-state index in [1.165, 1.54) is 0 Å². The molecule has 1 saturated heterocycles. The van der Waals surface area contributed by atoms with Crippen molar-refractivity contribution in [2.75, 3.05) is 11.4 Å². The first kappa shape index (κ1) is 14.7. The molecule has 0 saturated carbocycles. The number of hydrogen-bond acceptors (Lipinski definition) is 6. The fourth-order valence-corrected chi connectivity index (χ4v) is 3.14. The van der Waals surface area contributed by atoms with Crippen molar-refractivity contribution < 1.29 is 0 Å². The number of aryl methyl sites for hydroxylation is 2. The minimum absolute atomic E-state index is 0.183. The first-order chi connectivity index (χ1) is 11.7. The van der Waals surface area contributed by atoms with Crippen molar-refractivity contribution in [3.8, 4) is 11.5 Å². The summed E-state index contributed by atoms with van der Waals surface area (Å²) in [5, 5.41) is 0. The summed E-state index contributed by atoms with van der Waals surface area (Å²) in [5.41, 5.74) is 3.70. The maximum absolute atomic E-state index is 4.80. The molecule has 1 fully saturated rings. The van der Waals surface area contributed by atoms with Crippen LogP contribution in [0, 0.1) is 13.8 Å². The number of nitrogens with zero attached hydrogens (tertiary/aromatic N) is 6. The molecule has 1 atom stereocenters. The molecule has 4 heterocycles. The van der Waals surface area contributed by atoms with Gasteiger partial charge in [0.1, 0.15) is 17.8 Å². The van der Waals surface area contributed by atoms with Gasteiger partial charge >= 0.3 is 0 Å². The fourth-order valence-electron chi connectivity index (χ4n) is 3.14. The summed E-state index contributed by atoms with van der Waals surface area (Å²) in [5.74, 6) is 1.70. The Morgan fingerprint density at radius 1 is 1.12 bits per heavy atom. The number of rotatable bonds is 3. The van der Waals surface area contributed by atoms with Gasteiger partial charge in [-0.1, -0.05) is 0 Å². The molecule has 0 aliphatic carbocycles. The number of imidazole rings is 1. The predicted octanol–water partition coefficient (Wildman–Crippen LogP) is 2.62. The zero-order valence-corrected chi connectivity index (χ0v) is 13.8. The molecule has 7 heteroatoms. The van der Waals surface area contributed by atoms with Crippen molar-refractivity contribution in [1.29, 1.82) is 0 Å². The monoisotopic (exact) mass is 321 g/mol. The second-order valence-electron chi connectivity index (χ2n) is 6.11. The van der Waals surface area contributed by atoms with Crippen LogP contribution in [-0.4, -0.2) is 36.4 Å². The van der Waals surface area contributed by atoms with E-state index in [0.29, 0.717) is 0 Å². The van der Waals surface area contributed by atoms with Crippen LogP contribution >= 0.6 is 0 Å². The fraction of sp³-hybridized carbons (Fsp3) is 0.353. The molecule has 0 aromatic carbocycles. The van der Waals surface area contributed by atoms with E-state index >= 15 is 0 Å². The third kappa shape index (κ3) is 2.73. The summed E-state index contributed by atoms with van der Waals surface area (Å²) < 4.78 is 0. The van der Waals surface area contributed by atoms with E-state index in [4.69, 9.17) is 4.98 Å². The lowest BCUT2D eigenvalue weighted by Gasteiger charge is -2.25. The van der Waals surface area contributed by atoms with Gasteiger partial charge < -0.3 is 9.88 Å². The molecule has 1 aliphatic heterocycles. The van der Waals surface area contributed by atoms with Crippen LogP contribution in [0.4, 0.5) is 5.82 Å². The van der Waals surface area contributed by atoms with Gasteiger partial charge in [-0.15, -0.1) is 0 Å². The Balaban J connectivity index is 1.67. The van der Waals surface area contributed by atoms with Gasteiger partial charge in [0.15, 0.2) is 5.82 Å². The summed E-state index contributed by atoms with van der Waals surface area (Å²) in [6.07, 6.45) is 9.16. The number of nitrogens with one attached hydrogen (secondary N) is 1. The molecule has 7 nitrogen and oxygen atoms in total. The normalized spacial score (nSPS) is 17.4. The first-order valence-electron chi connectivity index (χ1n) is 8.10. The summed E-state index contributed by atoms with van der Waals surface area (Å²) >= 11 is 0. The van der Waals surface area contributed by atoms with E-state index in [2.05, 4.69) is 29.8 Å². The average Bonchev–Trinajstić information content (AvgIpc) is 3.24. The highest BCUT2D eigenvalue weighted by molar-refractivity contribution is 5.49. The second kappa shape index (κ2) is 5.99. The molecule has 4 rings (SSSR count). The van der Waals surface area contributed by atoms with Crippen LogP contribution in [0.15, 0.2) is 31.0 Å². The molecule has 0 unspecified atom stereocenters. The lowest BCUT2D eigenvalue weighted by atomic mass is 10.1. The Bertz CT molecular complexity index is 857. The zero-order chi connectivity index (χ0) is 16.5. The number of aromatic amines is 1. The van der Waals surface area contributed by atoms with Crippen LogP contribution < -0.4 is 4.90 Å². The maximum Gasteiger partial charge on any atom is 0.157 e. The van der Waals surface area contributed by atoms with Crippen LogP contribution in [0.2, 0.25) is 0 Å². The number of hydrogen-bond donors (Lipinski definition) is 1. The van der Waals surface area contributed by atoms with Gasteiger partial charge in [0, 0.05) is 30.2 Å². The van der Waals surface area contributed by atoms with Gasteiger partial charge in [-0.25, -0.2) is 19.9 Å². The molecule has 3 aromatic heterocycles. The van der Waals surface area contributed by atoms with Crippen LogP contribution in [0.5, 0.6) is 0 Å². The molecule has 0 bridgehead atoms. The summed E-state index contributed by atoms with van der Waals surface area (Å²) in [4.78, 5) is 27.6. The van der Waals surface area contributed by atoms with Gasteiger partial charge in [0.25, 0.3) is 0 Å². The third-order valence-corrected chi connectivity index (χ3v) is 4.28. The molecular formula is C17H19N7. The van der Waals surface area contributed by atoms with Gasteiger partial charge in [0.2, 0.25) is 0 Å². The van der Waals surface area contributed by atoms with Crippen LogP contribution in [-0.2, 0) is 0 Å². The lowest BCUT2D eigenvalue weighted by Crippen LogP contribution is -2.24. The minimum Gasteiger partial charge on any atom is -0.348 e. The van der Waals surface area contributed by atoms with Crippen LogP contribution in [0.1, 0.15) is 36.0 Å². The standard InChI is InChI=1S/C17H19N7/c1-11-6-16(21-10-20-11)24-5-3-4-15(24)13-8-18-9-14(23-13)17-19-7-12(2)22-17/h6-10,15H,3-5H2,1-2H3,(H,19,22)/t15-/m1/s1. The van der Waals surface area contributed by atoms with Crippen LogP contribution in [0.25, 0.3) is 11.5 Å². The Kier molecular flexibility index (Phi) is 3.68. The van der Waals surface area contributed by atoms with Gasteiger partial charge in [0.05, 0.1) is 24.1 Å². The molecule has 3 aromatic rings.